The molecule has 0 saturated carbocycles. The van der Waals surface area contributed by atoms with E-state index in [1.54, 1.807) is 10.6 Å². The third-order valence-corrected chi connectivity index (χ3v) is 5.07. The minimum atomic E-state index is -1.48. The molecule has 0 bridgehead atoms. The molecule has 0 aliphatic rings. The van der Waals surface area contributed by atoms with Gasteiger partial charge in [0.1, 0.15) is 5.82 Å². The van der Waals surface area contributed by atoms with Crippen LogP contribution in [-0.2, 0) is 17.8 Å². The molecule has 2 N–H and O–H groups in total. The number of methoxy groups -OCH3 is 1. The van der Waals surface area contributed by atoms with Gasteiger partial charge in [0.15, 0.2) is 0 Å². The number of para-hydroxylation sites is 1. The van der Waals surface area contributed by atoms with Crippen LogP contribution in [0.4, 0.5) is 14.0 Å². The van der Waals surface area contributed by atoms with E-state index in [-0.39, 0.29) is 24.8 Å². The molecular weight excluding hydrogens is 403 g/mol. The second kappa shape index (κ2) is 8.35. The summed E-state index contributed by atoms with van der Waals surface area (Å²) in [5.41, 5.74) is 2.00. The molecular formula is C23H19FN2O5. The number of carboxylic acid groups (broad SMARTS) is 1. The fraction of sp³-hybridized carbons (Fsp3) is 0.130. The summed E-state index contributed by atoms with van der Waals surface area (Å²) < 4.78 is 25.4. The minimum Gasteiger partial charge on any atom is -0.453 e. The number of alkyl carbamates (subject to hydrolysis) is 1. The lowest BCUT2D eigenvalue weighted by molar-refractivity contribution is 0.140. The smallest absolute Gasteiger partial charge is 0.453 e. The number of halogens is 1. The first-order chi connectivity index (χ1) is 15.0. The van der Waals surface area contributed by atoms with Gasteiger partial charge >= 0.3 is 12.2 Å². The van der Waals surface area contributed by atoms with Crippen LogP contribution in [-0.4, -0.2) is 29.0 Å². The van der Waals surface area contributed by atoms with Gasteiger partial charge < -0.3 is 24.5 Å². The topological polar surface area (TPSA) is 89.8 Å². The number of ether oxygens (including phenoxy) is 2. The zero-order valence-electron chi connectivity index (χ0n) is 16.6. The van der Waals surface area contributed by atoms with Crippen molar-refractivity contribution in [3.05, 3.63) is 77.6 Å². The fourth-order valence-electron chi connectivity index (χ4n) is 3.73. The van der Waals surface area contributed by atoms with E-state index in [9.17, 15) is 19.1 Å². The summed E-state index contributed by atoms with van der Waals surface area (Å²) in [7, 11) is 1.24. The molecule has 0 radical (unpaired) electrons. The van der Waals surface area contributed by atoms with Crippen LogP contribution >= 0.6 is 0 Å². The quantitative estimate of drug-likeness (QED) is 0.447. The highest BCUT2D eigenvalue weighted by atomic mass is 19.1. The second-order valence-electron chi connectivity index (χ2n) is 6.88. The molecule has 158 valence electrons. The molecule has 4 aromatic rings. The Labute approximate surface area is 176 Å². The number of nitrogens with one attached hydrogen (secondary N) is 1. The Morgan fingerprint density at radius 3 is 2.65 bits per heavy atom. The van der Waals surface area contributed by atoms with Crippen molar-refractivity contribution >= 4 is 33.9 Å². The van der Waals surface area contributed by atoms with Gasteiger partial charge in [-0.25, -0.2) is 14.0 Å². The summed E-state index contributed by atoms with van der Waals surface area (Å²) >= 11 is 0. The van der Waals surface area contributed by atoms with Gasteiger partial charge in [0, 0.05) is 10.9 Å². The molecule has 1 aromatic heterocycles. The molecule has 3 aromatic carbocycles. The number of benzene rings is 3. The third kappa shape index (κ3) is 4.00. The number of carbonyl (C=O) groups is 2. The van der Waals surface area contributed by atoms with Crippen molar-refractivity contribution < 1.29 is 28.6 Å². The molecule has 4 rings (SSSR count). The number of amides is 1. The number of carbonyl (C=O) groups excluding carboxylic acids is 1. The lowest BCUT2D eigenvalue weighted by Gasteiger charge is -2.13. The molecule has 31 heavy (non-hydrogen) atoms. The van der Waals surface area contributed by atoms with Crippen molar-refractivity contribution in [2.45, 2.75) is 13.1 Å². The predicted octanol–water partition coefficient (Wildman–Crippen LogP) is 4.89. The highest BCUT2D eigenvalue weighted by Crippen LogP contribution is 2.34. The van der Waals surface area contributed by atoms with Crippen LogP contribution in [0.25, 0.3) is 21.7 Å². The van der Waals surface area contributed by atoms with Crippen LogP contribution in [0.3, 0.4) is 0 Å². The molecule has 0 aliphatic heterocycles. The van der Waals surface area contributed by atoms with Crippen LogP contribution in [0.15, 0.2) is 60.7 Å². The van der Waals surface area contributed by atoms with Crippen molar-refractivity contribution in [2.24, 2.45) is 0 Å². The number of nitrogens with zero attached hydrogens (tertiary/aromatic N) is 1. The molecule has 8 heteroatoms. The first-order valence-corrected chi connectivity index (χ1v) is 9.47. The first kappa shape index (κ1) is 20.2. The Bertz CT molecular complexity index is 1300. The van der Waals surface area contributed by atoms with Crippen LogP contribution in [0, 0.1) is 5.82 Å². The van der Waals surface area contributed by atoms with Gasteiger partial charge in [0.05, 0.1) is 25.7 Å². The molecule has 0 fully saturated rings. The normalized spacial score (nSPS) is 10.9. The van der Waals surface area contributed by atoms with Crippen molar-refractivity contribution in [2.75, 3.05) is 7.11 Å². The molecule has 0 atom stereocenters. The maximum absolute atomic E-state index is 13.9. The number of aromatic nitrogens is 1. The molecule has 0 unspecified atom stereocenters. The molecule has 0 spiro atoms. The van der Waals surface area contributed by atoms with E-state index in [2.05, 4.69) is 10.1 Å². The van der Waals surface area contributed by atoms with Gasteiger partial charge in [-0.05, 0) is 34.5 Å². The summed E-state index contributed by atoms with van der Waals surface area (Å²) in [5.74, 6) is -0.277. The first-order valence-electron chi connectivity index (χ1n) is 9.47. The van der Waals surface area contributed by atoms with Gasteiger partial charge in [-0.2, -0.15) is 0 Å². The maximum atomic E-state index is 13.9. The van der Waals surface area contributed by atoms with E-state index < -0.39 is 12.2 Å². The molecule has 1 heterocycles. The Kier molecular flexibility index (Phi) is 5.44. The summed E-state index contributed by atoms with van der Waals surface area (Å²) in [6.07, 6.45) is -2.13. The van der Waals surface area contributed by atoms with Gasteiger partial charge in [0.2, 0.25) is 5.88 Å². The van der Waals surface area contributed by atoms with Crippen LogP contribution < -0.4 is 10.1 Å². The largest absolute Gasteiger partial charge is 0.512 e. The Morgan fingerprint density at radius 2 is 1.87 bits per heavy atom. The van der Waals surface area contributed by atoms with Crippen molar-refractivity contribution in [3.8, 4) is 5.88 Å². The van der Waals surface area contributed by atoms with Crippen molar-refractivity contribution in [1.82, 2.24) is 9.88 Å². The lowest BCUT2D eigenvalue weighted by Crippen LogP contribution is -2.23. The number of hydrogen-bond donors (Lipinski definition) is 2. The van der Waals surface area contributed by atoms with E-state index in [1.165, 1.54) is 19.2 Å². The maximum Gasteiger partial charge on any atom is 0.512 e. The van der Waals surface area contributed by atoms with Gasteiger partial charge in [-0.1, -0.05) is 42.5 Å². The average molecular weight is 422 g/mol. The van der Waals surface area contributed by atoms with E-state index in [1.807, 2.05) is 42.5 Å². The molecule has 0 saturated heterocycles. The third-order valence-electron chi connectivity index (χ3n) is 5.07. The second-order valence-corrected chi connectivity index (χ2v) is 6.88. The lowest BCUT2D eigenvalue weighted by atomic mass is 10.0. The summed E-state index contributed by atoms with van der Waals surface area (Å²) in [5, 5.41) is 14.2. The number of rotatable bonds is 5. The zero-order valence-corrected chi connectivity index (χ0v) is 16.6. The molecule has 7 nitrogen and oxygen atoms in total. The monoisotopic (exact) mass is 422 g/mol. The Hall–Kier alpha value is -4.07. The number of fused-ring (bicyclic) bond motifs is 2. The van der Waals surface area contributed by atoms with Crippen molar-refractivity contribution in [1.29, 1.82) is 0 Å². The van der Waals surface area contributed by atoms with E-state index in [0.29, 0.717) is 11.1 Å². The summed E-state index contributed by atoms with van der Waals surface area (Å²) in [4.78, 5) is 23.1. The van der Waals surface area contributed by atoms with Crippen LogP contribution in [0.2, 0.25) is 0 Å². The standard InChI is InChI=1S/C23H19FN2O5/c1-30-22(27)25-12-19-17-7-2-3-8-20(17)26(21(19)31-23(28)29)13-15-6-4-5-14-9-10-16(24)11-18(14)15/h2-11H,12-13H2,1H3,(H,25,27)(H,28,29). The van der Waals surface area contributed by atoms with Gasteiger partial charge in [-0.3, -0.25) is 0 Å². The highest BCUT2D eigenvalue weighted by Gasteiger charge is 2.22. The van der Waals surface area contributed by atoms with Crippen LogP contribution in [0.1, 0.15) is 11.1 Å². The molecule has 0 aliphatic carbocycles. The predicted molar refractivity (Wildman–Crippen MR) is 113 cm³/mol. The average Bonchev–Trinajstić information content (AvgIpc) is 3.04. The highest BCUT2D eigenvalue weighted by molar-refractivity contribution is 5.89. The van der Waals surface area contributed by atoms with Gasteiger partial charge in [0.25, 0.3) is 0 Å². The Balaban J connectivity index is 1.88. The zero-order chi connectivity index (χ0) is 22.0. The van der Waals surface area contributed by atoms with E-state index >= 15 is 0 Å². The Morgan fingerprint density at radius 1 is 1.06 bits per heavy atom. The SMILES string of the molecule is COC(=O)NCc1c(OC(=O)O)n(Cc2cccc3ccc(F)cc23)c2ccccc12. The van der Waals surface area contributed by atoms with Crippen molar-refractivity contribution in [3.63, 3.8) is 0 Å². The number of hydrogen-bond acceptors (Lipinski definition) is 4. The molecule has 1 amide bonds. The summed E-state index contributed by atoms with van der Waals surface area (Å²) in [6.45, 7) is 0.245. The summed E-state index contributed by atoms with van der Waals surface area (Å²) in [6, 6.07) is 17.4. The van der Waals surface area contributed by atoms with Gasteiger partial charge in [-0.15, -0.1) is 0 Å². The fourth-order valence-corrected chi connectivity index (χ4v) is 3.73. The van der Waals surface area contributed by atoms with E-state index in [0.717, 1.165) is 21.7 Å². The van der Waals surface area contributed by atoms with Crippen LogP contribution in [0.5, 0.6) is 5.88 Å². The minimum absolute atomic E-state index is 0.00691. The van der Waals surface area contributed by atoms with E-state index in [4.69, 9.17) is 4.74 Å².